The van der Waals surface area contributed by atoms with Gasteiger partial charge in [0.05, 0.1) is 0 Å². The molecule has 1 heterocycles. The van der Waals surface area contributed by atoms with E-state index in [-0.39, 0.29) is 30.5 Å². The Kier molecular flexibility index (Phi) is 6.17. The first kappa shape index (κ1) is 16.2. The molecule has 1 amide bonds. The van der Waals surface area contributed by atoms with E-state index in [1.165, 1.54) is 22.3 Å². The Morgan fingerprint density at radius 3 is 2.85 bits per heavy atom. The van der Waals surface area contributed by atoms with Gasteiger partial charge in [-0.25, -0.2) is 4.79 Å². The monoisotopic (exact) mass is 298 g/mol. The maximum atomic E-state index is 12.1. The highest BCUT2D eigenvalue weighted by Crippen LogP contribution is 2.28. The van der Waals surface area contributed by atoms with Crippen LogP contribution in [0.1, 0.15) is 18.2 Å². The van der Waals surface area contributed by atoms with Crippen molar-refractivity contribution in [2.75, 3.05) is 18.1 Å². The quantitative estimate of drug-likeness (QED) is 0.440. The topological polar surface area (TPSA) is 72.7 Å². The Balaban J connectivity index is 2.85. The fourth-order valence-corrected chi connectivity index (χ4v) is 2.61. The minimum Gasteiger partial charge on any atom is -0.445 e. The van der Waals surface area contributed by atoms with Crippen molar-refractivity contribution in [1.29, 1.82) is 0 Å². The van der Waals surface area contributed by atoms with Gasteiger partial charge in [-0.05, 0) is 26.0 Å². The van der Waals surface area contributed by atoms with Crippen LogP contribution in [0.2, 0.25) is 0 Å². The zero-order valence-electron chi connectivity index (χ0n) is 11.6. The smallest absolute Gasteiger partial charge is 0.415 e. The van der Waals surface area contributed by atoms with Crippen LogP contribution in [0, 0.1) is 17.0 Å². The predicted octanol–water partition coefficient (Wildman–Crippen LogP) is 3.24. The van der Waals surface area contributed by atoms with Gasteiger partial charge in [-0.15, -0.1) is 11.3 Å². The fraction of sp³-hybridized carbons (Fsp3) is 0.462. The number of rotatable bonds is 7. The van der Waals surface area contributed by atoms with Crippen LogP contribution in [0.25, 0.3) is 0 Å². The van der Waals surface area contributed by atoms with Gasteiger partial charge < -0.3 is 4.74 Å². The van der Waals surface area contributed by atoms with Crippen molar-refractivity contribution in [2.45, 2.75) is 26.3 Å². The largest absolute Gasteiger partial charge is 0.445 e. The number of aryl methyl sites for hydroxylation is 1. The van der Waals surface area contributed by atoms with Crippen LogP contribution in [0.15, 0.2) is 24.8 Å². The molecule has 6 nitrogen and oxygen atoms in total. The number of hydrogen-bond donors (Lipinski definition) is 0. The molecule has 1 aromatic heterocycles. The van der Waals surface area contributed by atoms with Crippen LogP contribution in [-0.4, -0.2) is 30.2 Å². The Morgan fingerprint density at radius 2 is 2.35 bits per heavy atom. The van der Waals surface area contributed by atoms with E-state index in [2.05, 4.69) is 6.58 Å². The Labute approximate surface area is 121 Å². The molecule has 0 fully saturated rings. The molecule has 0 spiro atoms. The summed E-state index contributed by atoms with van der Waals surface area (Å²) in [6.45, 7) is 7.12. The van der Waals surface area contributed by atoms with Crippen molar-refractivity contribution >= 4 is 22.4 Å². The average Bonchev–Trinajstić information content (AvgIpc) is 2.80. The molecule has 0 aromatic carbocycles. The first-order valence-electron chi connectivity index (χ1n) is 6.20. The summed E-state index contributed by atoms with van der Waals surface area (Å²) in [7, 11) is 0. The van der Waals surface area contributed by atoms with Crippen LogP contribution < -0.4 is 4.90 Å². The van der Waals surface area contributed by atoms with Gasteiger partial charge in [0.25, 0.3) is 0 Å². The number of amides is 1. The molecule has 0 aliphatic heterocycles. The van der Waals surface area contributed by atoms with Crippen LogP contribution in [0.3, 0.4) is 0 Å². The third kappa shape index (κ3) is 4.65. The zero-order valence-corrected chi connectivity index (χ0v) is 12.4. The molecule has 0 bridgehead atoms. The lowest BCUT2D eigenvalue weighted by Crippen LogP contribution is -2.39. The Bertz CT molecular complexity index is 486. The molecule has 0 aliphatic carbocycles. The van der Waals surface area contributed by atoms with E-state index in [1.807, 2.05) is 19.1 Å². The second kappa shape index (κ2) is 7.64. The Hall–Kier alpha value is -1.89. The molecule has 0 saturated carbocycles. The molecule has 1 aromatic rings. The maximum Gasteiger partial charge on any atom is 0.415 e. The van der Waals surface area contributed by atoms with Gasteiger partial charge in [-0.2, -0.15) is 0 Å². The minimum absolute atomic E-state index is 0.113. The van der Waals surface area contributed by atoms with E-state index in [0.29, 0.717) is 0 Å². The van der Waals surface area contributed by atoms with E-state index >= 15 is 0 Å². The highest BCUT2D eigenvalue weighted by molar-refractivity contribution is 7.16. The average molecular weight is 298 g/mol. The van der Waals surface area contributed by atoms with E-state index in [1.54, 1.807) is 6.92 Å². The van der Waals surface area contributed by atoms with Crippen LogP contribution >= 0.6 is 11.3 Å². The number of ether oxygens (including phenoxy) is 1. The predicted molar refractivity (Wildman–Crippen MR) is 79.0 cm³/mol. The third-order valence-electron chi connectivity index (χ3n) is 2.66. The Morgan fingerprint density at radius 1 is 1.65 bits per heavy atom. The number of thiophene rings is 1. The number of hydrogen-bond acceptors (Lipinski definition) is 5. The summed E-state index contributed by atoms with van der Waals surface area (Å²) in [4.78, 5) is 24.7. The molecule has 1 rings (SSSR count). The standard InChI is InChI=1S/C13H18N2O4S/c1-4-9-19-13(16)15(10(2)7-8-14(17)18)12-6-5-11(3)20-12/h4-6,10H,1,7-9H2,2-3H3. The zero-order chi connectivity index (χ0) is 15.1. The van der Waals surface area contributed by atoms with Gasteiger partial charge in [0.2, 0.25) is 6.54 Å². The summed E-state index contributed by atoms with van der Waals surface area (Å²) in [6.07, 6.45) is 1.24. The SMILES string of the molecule is C=CCOC(=O)N(c1ccc(C)s1)C(C)CC[N+](=O)[O-]. The van der Waals surface area contributed by atoms with Gasteiger partial charge in [0.15, 0.2) is 0 Å². The number of nitrogens with zero attached hydrogens (tertiary/aromatic N) is 2. The van der Waals surface area contributed by atoms with Crippen molar-refractivity contribution < 1.29 is 14.5 Å². The molecule has 1 unspecified atom stereocenters. The minimum atomic E-state index is -0.511. The molecule has 0 radical (unpaired) electrons. The summed E-state index contributed by atoms with van der Waals surface area (Å²) in [5.74, 6) is 0. The van der Waals surface area contributed by atoms with Crippen molar-refractivity contribution in [3.63, 3.8) is 0 Å². The lowest BCUT2D eigenvalue weighted by Gasteiger charge is -2.26. The van der Waals surface area contributed by atoms with E-state index in [9.17, 15) is 14.9 Å². The van der Waals surface area contributed by atoms with Gasteiger partial charge >= 0.3 is 6.09 Å². The number of nitro groups is 1. The van der Waals surface area contributed by atoms with Crippen molar-refractivity contribution in [3.8, 4) is 0 Å². The molecule has 20 heavy (non-hydrogen) atoms. The summed E-state index contributed by atoms with van der Waals surface area (Å²) < 4.78 is 5.05. The van der Waals surface area contributed by atoms with E-state index in [0.717, 1.165) is 9.88 Å². The first-order valence-corrected chi connectivity index (χ1v) is 7.02. The molecule has 7 heteroatoms. The third-order valence-corrected chi connectivity index (χ3v) is 3.66. The summed E-state index contributed by atoms with van der Waals surface area (Å²) in [6, 6.07) is 3.40. The second-order valence-electron chi connectivity index (χ2n) is 4.31. The first-order chi connectivity index (χ1) is 9.45. The van der Waals surface area contributed by atoms with Crippen molar-refractivity contribution in [3.05, 3.63) is 39.8 Å². The second-order valence-corrected chi connectivity index (χ2v) is 5.58. The van der Waals surface area contributed by atoms with E-state index < -0.39 is 6.09 Å². The summed E-state index contributed by atoms with van der Waals surface area (Å²) in [5, 5.41) is 11.2. The molecular weight excluding hydrogens is 280 g/mol. The fourth-order valence-electron chi connectivity index (χ4n) is 1.66. The van der Waals surface area contributed by atoms with Crippen LogP contribution in [0.5, 0.6) is 0 Å². The molecule has 0 N–H and O–H groups in total. The lowest BCUT2D eigenvalue weighted by atomic mass is 10.2. The van der Waals surface area contributed by atoms with Gasteiger partial charge in [0.1, 0.15) is 11.6 Å². The van der Waals surface area contributed by atoms with Gasteiger partial charge in [-0.1, -0.05) is 12.7 Å². The molecule has 1 atom stereocenters. The number of carbonyl (C=O) groups is 1. The molecule has 110 valence electrons. The summed E-state index contributed by atoms with van der Waals surface area (Å²) >= 11 is 1.45. The van der Waals surface area contributed by atoms with Crippen LogP contribution in [0.4, 0.5) is 9.80 Å². The van der Waals surface area contributed by atoms with Crippen LogP contribution in [-0.2, 0) is 4.74 Å². The molecule has 0 aliphatic rings. The van der Waals surface area contributed by atoms with E-state index in [4.69, 9.17) is 4.74 Å². The summed E-state index contributed by atoms with van der Waals surface area (Å²) in [5.41, 5.74) is 0. The highest BCUT2D eigenvalue weighted by Gasteiger charge is 2.25. The van der Waals surface area contributed by atoms with Gasteiger partial charge in [0, 0.05) is 22.3 Å². The van der Waals surface area contributed by atoms with Crippen molar-refractivity contribution in [1.82, 2.24) is 0 Å². The molecular formula is C13H18N2O4S. The number of carbonyl (C=O) groups excluding carboxylic acids is 1. The normalized spacial score (nSPS) is 11.7. The highest BCUT2D eigenvalue weighted by atomic mass is 32.1. The molecule has 0 saturated heterocycles. The number of anilines is 1. The lowest BCUT2D eigenvalue weighted by molar-refractivity contribution is -0.480. The van der Waals surface area contributed by atoms with Gasteiger partial charge in [-0.3, -0.25) is 15.0 Å². The van der Waals surface area contributed by atoms with Crippen molar-refractivity contribution in [2.24, 2.45) is 0 Å². The maximum absolute atomic E-state index is 12.1.